The second-order valence-corrected chi connectivity index (χ2v) is 21.0. The van der Waals surface area contributed by atoms with Gasteiger partial charge in [0.25, 0.3) is 0 Å². The second-order valence-electron chi connectivity index (χ2n) is 18.4. The number of aromatic nitrogens is 2. The molecule has 2 fully saturated rings. The Bertz CT molecular complexity index is 2850. The molecule has 4 aromatic carbocycles. The zero-order chi connectivity index (χ0) is 41.0. The van der Waals surface area contributed by atoms with Crippen LogP contribution in [0.1, 0.15) is 88.5 Å². The lowest BCUT2D eigenvalue weighted by atomic mass is 9.74. The van der Waals surface area contributed by atoms with Crippen LogP contribution in [-0.4, -0.2) is 53.9 Å². The average molecular weight is 823 g/mol. The molecule has 11 heteroatoms. The molecule has 12 rings (SSSR count). The largest absolute Gasteiger partial charge is 0.603 e. The molecule has 0 saturated heterocycles. The van der Waals surface area contributed by atoms with Gasteiger partial charge in [-0.25, -0.2) is 30.0 Å². The molecular formula is C50H50N8O2Si. The van der Waals surface area contributed by atoms with E-state index in [1.807, 2.05) is 0 Å². The van der Waals surface area contributed by atoms with Gasteiger partial charge < -0.3 is 8.85 Å². The number of nitrogens with zero attached hydrogens (tertiary/aromatic N) is 8. The van der Waals surface area contributed by atoms with E-state index in [0.717, 1.165) is 43.8 Å². The number of hydrogen-bond acceptors (Lipinski definition) is 8. The van der Waals surface area contributed by atoms with E-state index in [4.69, 9.17) is 38.8 Å². The Morgan fingerprint density at radius 2 is 0.787 bits per heavy atom. The summed E-state index contributed by atoms with van der Waals surface area (Å²) in [6.45, 7) is 10.6. The molecule has 6 aliphatic rings. The Morgan fingerprint density at radius 1 is 0.443 bits per heavy atom. The summed E-state index contributed by atoms with van der Waals surface area (Å²) in [6.07, 6.45) is 7.20. The fourth-order valence-electron chi connectivity index (χ4n) is 11.3. The lowest BCUT2D eigenvalue weighted by molar-refractivity contribution is 0.0421. The number of hydrogen-bond donors (Lipinski definition) is 0. The first-order chi connectivity index (χ1) is 29.9. The summed E-state index contributed by atoms with van der Waals surface area (Å²) in [7, 11) is -4.17. The summed E-state index contributed by atoms with van der Waals surface area (Å²) in [5, 5.41) is 3.79. The molecule has 10 nitrogen and oxygen atoms in total. The van der Waals surface area contributed by atoms with Crippen LogP contribution >= 0.6 is 0 Å². The summed E-state index contributed by atoms with van der Waals surface area (Å²) < 4.78 is 20.6. The van der Waals surface area contributed by atoms with Crippen LogP contribution in [0.3, 0.4) is 0 Å². The average Bonchev–Trinajstić information content (AvgIpc) is 3.99. The smallest absolute Gasteiger partial charge is 0.361 e. The van der Waals surface area contributed by atoms with Crippen molar-refractivity contribution in [1.82, 2.24) is 8.47 Å². The van der Waals surface area contributed by atoms with Gasteiger partial charge in [0.1, 0.15) is 22.6 Å². The zero-order valence-corrected chi connectivity index (χ0v) is 36.3. The molecule has 0 spiro atoms. The Hall–Kier alpha value is -5.62. The van der Waals surface area contributed by atoms with Gasteiger partial charge in [0, 0.05) is 57.0 Å². The highest BCUT2D eigenvalue weighted by molar-refractivity contribution is 6.66. The maximum atomic E-state index is 8.05. The van der Waals surface area contributed by atoms with Gasteiger partial charge in [-0.3, -0.25) is 8.47 Å². The normalized spacial score (nSPS) is 27.3. The van der Waals surface area contributed by atoms with E-state index in [2.05, 4.69) is 133 Å². The van der Waals surface area contributed by atoms with Crippen molar-refractivity contribution in [3.63, 3.8) is 0 Å². The van der Waals surface area contributed by atoms with Gasteiger partial charge in [0.05, 0.1) is 0 Å². The van der Waals surface area contributed by atoms with Crippen molar-refractivity contribution in [2.75, 3.05) is 13.2 Å². The van der Waals surface area contributed by atoms with Crippen molar-refractivity contribution in [3.8, 4) is 0 Å². The van der Waals surface area contributed by atoms with E-state index in [1.165, 1.54) is 38.5 Å². The number of fused-ring (bicyclic) bond motifs is 14. The Labute approximate surface area is 356 Å². The lowest BCUT2D eigenvalue weighted by Gasteiger charge is -2.41. The predicted octanol–water partition coefficient (Wildman–Crippen LogP) is 9.55. The molecule has 2 aliphatic carbocycles. The summed E-state index contributed by atoms with van der Waals surface area (Å²) in [4.78, 5) is 33.1. The summed E-state index contributed by atoms with van der Waals surface area (Å²) >= 11 is 0. The highest BCUT2D eigenvalue weighted by Gasteiger charge is 2.54. The van der Waals surface area contributed by atoms with E-state index in [1.54, 1.807) is 0 Å². The van der Waals surface area contributed by atoms with Gasteiger partial charge in [-0.1, -0.05) is 163 Å². The van der Waals surface area contributed by atoms with E-state index in [-0.39, 0.29) is 0 Å². The minimum Gasteiger partial charge on any atom is -0.361 e. The van der Waals surface area contributed by atoms with Crippen molar-refractivity contribution in [2.24, 2.45) is 65.5 Å². The van der Waals surface area contributed by atoms with Gasteiger partial charge in [0.2, 0.25) is 0 Å². The SMILES string of the molecule is CC1CCCC(C)C1CO[Si]1(OCC2C(C)CCCC2C)n2c3c4ccccc4c2N=C2N=C(N=c4c5ccccc5c(n41)=NC1=NC(=N3)c3ccccc31)c1ccccc12. The minimum atomic E-state index is -4.17. The number of amidine groups is 4. The summed E-state index contributed by atoms with van der Waals surface area (Å²) in [6, 6.07) is 33.6. The number of benzene rings is 4. The molecule has 0 amide bonds. The highest BCUT2D eigenvalue weighted by Crippen LogP contribution is 2.45. The molecule has 0 radical (unpaired) electrons. The molecule has 61 heavy (non-hydrogen) atoms. The van der Waals surface area contributed by atoms with Crippen molar-refractivity contribution in [2.45, 2.75) is 66.2 Å². The fraction of sp³-hybridized carbons (Fsp3) is 0.360. The quantitative estimate of drug-likeness (QED) is 0.156. The van der Waals surface area contributed by atoms with Crippen LogP contribution in [0.25, 0.3) is 21.5 Å². The van der Waals surface area contributed by atoms with E-state index in [0.29, 0.717) is 94.7 Å². The molecule has 2 aromatic heterocycles. The molecule has 4 unspecified atom stereocenters. The van der Waals surface area contributed by atoms with E-state index in [9.17, 15) is 0 Å². The lowest BCUT2D eigenvalue weighted by Crippen LogP contribution is -2.65. The molecule has 0 N–H and O–H groups in total. The van der Waals surface area contributed by atoms with Gasteiger partial charge in [-0.15, -0.1) is 0 Å². The van der Waals surface area contributed by atoms with Gasteiger partial charge in [-0.05, 0) is 35.5 Å². The molecule has 6 aromatic rings. The highest BCUT2D eigenvalue weighted by atomic mass is 28.4. The molecule has 6 heterocycles. The number of rotatable bonds is 6. The monoisotopic (exact) mass is 822 g/mol. The van der Waals surface area contributed by atoms with E-state index < -0.39 is 8.88 Å². The first-order valence-corrected chi connectivity index (χ1v) is 24.1. The Balaban J connectivity index is 1.28. The third-order valence-corrected chi connectivity index (χ3v) is 17.9. The molecule has 4 aliphatic heterocycles. The van der Waals surface area contributed by atoms with Crippen LogP contribution in [-0.2, 0) is 8.85 Å². The van der Waals surface area contributed by atoms with Gasteiger partial charge in [0.15, 0.2) is 23.3 Å². The van der Waals surface area contributed by atoms with Gasteiger partial charge >= 0.3 is 8.88 Å². The molecule has 6 bridgehead atoms. The topological polar surface area (TPSA) is 102 Å². The Kier molecular flexibility index (Phi) is 8.66. The van der Waals surface area contributed by atoms with Crippen molar-refractivity contribution in [1.29, 1.82) is 0 Å². The standard InChI is InChI=1S/C50H50N8O2Si/c1-29-15-13-16-30(2)41(29)27-59-61(60-28-42-31(3)17-14-18-32(42)4)57-47-37-23-9-10-24-38(37)49(57)55-45-35-21-7-8-22-36(35)46(52-45)56-50-40-26-12-11-25-39(40)48(58(50)61)54-44-34-20-6-5-19-33(34)43(51-44)53-47/h5-12,19-26,29-32,41-42H,13-18,27-28H2,1-4H3. The third-order valence-electron chi connectivity index (χ3n) is 14.8. The summed E-state index contributed by atoms with van der Waals surface area (Å²) in [5.41, 5.74) is 5.16. The maximum Gasteiger partial charge on any atom is 0.603 e. The first kappa shape index (κ1) is 37.2. The molecule has 2 saturated carbocycles. The van der Waals surface area contributed by atoms with E-state index >= 15 is 0 Å². The minimum absolute atomic E-state index is 0.326. The van der Waals surface area contributed by atoms with Crippen molar-refractivity contribution < 1.29 is 8.85 Å². The van der Waals surface area contributed by atoms with Crippen LogP contribution in [0.4, 0.5) is 11.6 Å². The zero-order valence-electron chi connectivity index (χ0n) is 35.3. The van der Waals surface area contributed by atoms with Crippen LogP contribution < -0.4 is 11.0 Å². The van der Waals surface area contributed by atoms with Crippen LogP contribution in [0.2, 0.25) is 0 Å². The summed E-state index contributed by atoms with van der Waals surface area (Å²) in [5.74, 6) is 6.47. The molecule has 306 valence electrons. The fourth-order valence-corrected chi connectivity index (χ4v) is 14.7. The van der Waals surface area contributed by atoms with Crippen molar-refractivity contribution >= 4 is 65.4 Å². The maximum absolute atomic E-state index is 8.05. The first-order valence-electron chi connectivity index (χ1n) is 22.4. The third kappa shape index (κ3) is 5.66. The second kappa shape index (κ2) is 14.2. The predicted molar refractivity (Wildman–Crippen MR) is 244 cm³/mol. The van der Waals surface area contributed by atoms with Crippen LogP contribution in [0.5, 0.6) is 0 Å². The van der Waals surface area contributed by atoms with Gasteiger partial charge in [-0.2, -0.15) is 0 Å². The molecule has 4 atom stereocenters. The van der Waals surface area contributed by atoms with Crippen molar-refractivity contribution in [3.05, 3.63) is 130 Å². The van der Waals surface area contributed by atoms with Crippen LogP contribution in [0.15, 0.2) is 127 Å². The van der Waals surface area contributed by atoms with Crippen LogP contribution in [0, 0.1) is 35.5 Å². The number of aliphatic imine (C=N–C) groups is 4. The molecular weight excluding hydrogens is 773 g/mol. The Morgan fingerprint density at radius 3 is 1.18 bits per heavy atom.